The molecule has 1 aromatic heterocycles. The molecule has 4 rings (SSSR count). The van der Waals surface area contributed by atoms with Crippen LogP contribution in [-0.2, 0) is 6.54 Å². The molecule has 5 nitrogen and oxygen atoms in total. The van der Waals surface area contributed by atoms with Gasteiger partial charge in [0.25, 0.3) is 0 Å². The van der Waals surface area contributed by atoms with Gasteiger partial charge in [-0.3, -0.25) is 9.69 Å². The second-order valence-electron chi connectivity index (χ2n) is 6.99. The molecule has 0 spiro atoms. The average Bonchev–Trinajstić information content (AvgIpc) is 3.18. The van der Waals surface area contributed by atoms with E-state index in [-0.39, 0.29) is 5.78 Å². The van der Waals surface area contributed by atoms with Crippen LogP contribution in [0.3, 0.4) is 0 Å². The van der Waals surface area contributed by atoms with E-state index in [1.54, 1.807) is 6.92 Å². The monoisotopic (exact) mass is 360 g/mol. The number of carbonyl (C=O) groups is 1. The van der Waals surface area contributed by atoms with E-state index in [1.165, 1.54) is 11.3 Å². The fourth-order valence-electron chi connectivity index (χ4n) is 3.49. The number of ketones is 1. The van der Waals surface area contributed by atoms with Crippen LogP contribution in [0.4, 0.5) is 5.69 Å². The zero-order valence-corrected chi connectivity index (χ0v) is 15.6. The molecular formula is C22H24N4O. The van der Waals surface area contributed by atoms with Crippen LogP contribution in [-0.4, -0.2) is 46.6 Å². The quantitative estimate of drug-likeness (QED) is 0.654. The lowest BCUT2D eigenvalue weighted by Gasteiger charge is -2.36. The van der Waals surface area contributed by atoms with Crippen molar-refractivity contribution in [2.45, 2.75) is 13.5 Å². The molecular weight excluding hydrogens is 336 g/mol. The predicted octanol–water partition coefficient (Wildman–Crippen LogP) is 3.40. The summed E-state index contributed by atoms with van der Waals surface area (Å²) >= 11 is 0. The number of aromatic nitrogens is 2. The Morgan fingerprint density at radius 2 is 1.63 bits per heavy atom. The second kappa shape index (κ2) is 7.76. The summed E-state index contributed by atoms with van der Waals surface area (Å²) < 4.78 is 1.93. The Bertz CT molecular complexity index is 894. The molecule has 0 atom stereocenters. The summed E-state index contributed by atoms with van der Waals surface area (Å²) in [5.74, 6) is 0.113. The van der Waals surface area contributed by atoms with E-state index >= 15 is 0 Å². The van der Waals surface area contributed by atoms with Crippen LogP contribution in [0.1, 0.15) is 22.8 Å². The fraction of sp³-hybridized carbons (Fsp3) is 0.273. The van der Waals surface area contributed by atoms with Crippen LogP contribution in [0.25, 0.3) is 5.69 Å². The molecule has 0 unspecified atom stereocenters. The summed E-state index contributed by atoms with van der Waals surface area (Å²) in [4.78, 5) is 16.3. The Kier molecular flexibility index (Phi) is 5.03. The maximum atomic E-state index is 11.4. The first kappa shape index (κ1) is 17.5. The lowest BCUT2D eigenvalue weighted by atomic mass is 10.1. The largest absolute Gasteiger partial charge is 0.369 e. The van der Waals surface area contributed by atoms with Crippen LogP contribution in [0.15, 0.2) is 67.0 Å². The van der Waals surface area contributed by atoms with E-state index in [0.29, 0.717) is 0 Å². The first-order valence-electron chi connectivity index (χ1n) is 9.36. The average molecular weight is 360 g/mol. The van der Waals surface area contributed by atoms with Crippen LogP contribution in [0, 0.1) is 0 Å². The standard InChI is InChI=1S/C22H24N4O/c1-18(27)20-7-9-21(10-8-20)25-13-11-24(12-14-25)16-19-15-23-26(17-19)22-5-3-2-4-6-22/h2-10,15,17H,11-14,16H2,1H3. The van der Waals surface area contributed by atoms with E-state index in [9.17, 15) is 4.79 Å². The minimum Gasteiger partial charge on any atom is -0.369 e. The highest BCUT2D eigenvalue weighted by molar-refractivity contribution is 5.94. The van der Waals surface area contributed by atoms with Crippen molar-refractivity contribution in [3.63, 3.8) is 0 Å². The van der Waals surface area contributed by atoms with Gasteiger partial charge in [-0.05, 0) is 43.3 Å². The zero-order valence-electron chi connectivity index (χ0n) is 15.6. The van der Waals surface area contributed by atoms with Crippen molar-refractivity contribution in [2.75, 3.05) is 31.1 Å². The fourth-order valence-corrected chi connectivity index (χ4v) is 3.49. The summed E-state index contributed by atoms with van der Waals surface area (Å²) in [7, 11) is 0. The molecule has 0 N–H and O–H groups in total. The van der Waals surface area contributed by atoms with Gasteiger partial charge in [0.1, 0.15) is 0 Å². The summed E-state index contributed by atoms with van der Waals surface area (Å²) in [5.41, 5.74) is 4.28. The van der Waals surface area contributed by atoms with Crippen LogP contribution >= 0.6 is 0 Å². The van der Waals surface area contributed by atoms with Gasteiger partial charge in [-0.25, -0.2) is 4.68 Å². The molecule has 1 fully saturated rings. The van der Waals surface area contributed by atoms with Crippen molar-refractivity contribution >= 4 is 11.5 Å². The molecule has 0 bridgehead atoms. The molecule has 0 radical (unpaired) electrons. The lowest BCUT2D eigenvalue weighted by molar-refractivity contribution is 0.101. The summed E-state index contributed by atoms with van der Waals surface area (Å²) in [6.45, 7) is 6.55. The van der Waals surface area contributed by atoms with Gasteiger partial charge in [0, 0.05) is 55.7 Å². The Labute approximate surface area is 159 Å². The molecule has 2 aromatic carbocycles. The maximum absolute atomic E-state index is 11.4. The number of benzene rings is 2. The van der Waals surface area contributed by atoms with Crippen molar-refractivity contribution < 1.29 is 4.79 Å². The van der Waals surface area contributed by atoms with Gasteiger partial charge in [0.2, 0.25) is 0 Å². The third-order valence-electron chi connectivity index (χ3n) is 5.07. The van der Waals surface area contributed by atoms with Gasteiger partial charge in [-0.1, -0.05) is 18.2 Å². The normalized spacial score (nSPS) is 15.1. The van der Waals surface area contributed by atoms with Gasteiger partial charge < -0.3 is 4.90 Å². The number of hydrogen-bond donors (Lipinski definition) is 0. The number of Topliss-reactive ketones (excluding diaryl/α,β-unsaturated/α-hetero) is 1. The van der Waals surface area contributed by atoms with E-state index < -0.39 is 0 Å². The molecule has 1 saturated heterocycles. The molecule has 1 aliphatic rings. The van der Waals surface area contributed by atoms with Crippen molar-refractivity contribution in [3.8, 4) is 5.69 Å². The number of para-hydroxylation sites is 1. The second-order valence-corrected chi connectivity index (χ2v) is 6.99. The SMILES string of the molecule is CC(=O)c1ccc(N2CCN(Cc3cnn(-c4ccccc4)c3)CC2)cc1. The number of nitrogens with zero attached hydrogens (tertiary/aromatic N) is 4. The number of rotatable bonds is 5. The summed E-state index contributed by atoms with van der Waals surface area (Å²) in [5, 5.41) is 4.49. The Hall–Kier alpha value is -2.92. The third kappa shape index (κ3) is 4.09. The van der Waals surface area contributed by atoms with E-state index in [1.807, 2.05) is 41.2 Å². The number of hydrogen-bond acceptors (Lipinski definition) is 4. The van der Waals surface area contributed by atoms with E-state index in [4.69, 9.17) is 0 Å². The van der Waals surface area contributed by atoms with Crippen LogP contribution in [0.5, 0.6) is 0 Å². The minimum absolute atomic E-state index is 0.113. The Morgan fingerprint density at radius 3 is 2.30 bits per heavy atom. The molecule has 3 aromatic rings. The van der Waals surface area contributed by atoms with Crippen LogP contribution < -0.4 is 4.90 Å². The number of piperazine rings is 1. The van der Waals surface area contributed by atoms with E-state index in [0.717, 1.165) is 44.0 Å². The molecule has 1 aliphatic heterocycles. The van der Waals surface area contributed by atoms with Crippen molar-refractivity contribution in [3.05, 3.63) is 78.1 Å². The van der Waals surface area contributed by atoms with Gasteiger partial charge in [0.05, 0.1) is 11.9 Å². The molecule has 27 heavy (non-hydrogen) atoms. The van der Waals surface area contributed by atoms with Crippen molar-refractivity contribution in [1.82, 2.24) is 14.7 Å². The summed E-state index contributed by atoms with van der Waals surface area (Å²) in [6.07, 6.45) is 4.07. The molecule has 0 amide bonds. The van der Waals surface area contributed by atoms with Crippen molar-refractivity contribution in [1.29, 1.82) is 0 Å². The highest BCUT2D eigenvalue weighted by Gasteiger charge is 2.18. The first-order valence-corrected chi connectivity index (χ1v) is 9.36. The predicted molar refractivity (Wildman–Crippen MR) is 108 cm³/mol. The topological polar surface area (TPSA) is 41.4 Å². The zero-order chi connectivity index (χ0) is 18.6. The Morgan fingerprint density at radius 1 is 0.926 bits per heavy atom. The molecule has 0 saturated carbocycles. The molecule has 2 heterocycles. The van der Waals surface area contributed by atoms with Gasteiger partial charge in [0.15, 0.2) is 5.78 Å². The lowest BCUT2D eigenvalue weighted by Crippen LogP contribution is -2.45. The van der Waals surface area contributed by atoms with Gasteiger partial charge in [-0.15, -0.1) is 0 Å². The Balaban J connectivity index is 1.33. The minimum atomic E-state index is 0.113. The van der Waals surface area contributed by atoms with E-state index in [2.05, 4.69) is 45.4 Å². The number of anilines is 1. The molecule has 0 aliphatic carbocycles. The van der Waals surface area contributed by atoms with Crippen molar-refractivity contribution in [2.24, 2.45) is 0 Å². The maximum Gasteiger partial charge on any atom is 0.159 e. The summed E-state index contributed by atoms with van der Waals surface area (Å²) in [6, 6.07) is 18.1. The number of carbonyl (C=O) groups excluding carboxylic acids is 1. The highest BCUT2D eigenvalue weighted by Crippen LogP contribution is 2.19. The smallest absolute Gasteiger partial charge is 0.159 e. The first-order chi connectivity index (χ1) is 13.2. The van der Waals surface area contributed by atoms with Gasteiger partial charge in [-0.2, -0.15) is 5.10 Å². The molecule has 138 valence electrons. The highest BCUT2D eigenvalue weighted by atomic mass is 16.1. The van der Waals surface area contributed by atoms with Gasteiger partial charge >= 0.3 is 0 Å². The third-order valence-corrected chi connectivity index (χ3v) is 5.07. The molecule has 5 heteroatoms. The van der Waals surface area contributed by atoms with Crippen LogP contribution in [0.2, 0.25) is 0 Å².